The maximum Gasteiger partial charge on any atom is 0.317 e. The molecule has 28 heavy (non-hydrogen) atoms. The molecule has 3 amide bonds. The number of hydrogen-bond donors (Lipinski definition) is 2. The molecule has 2 aromatic rings. The second-order valence-electron chi connectivity index (χ2n) is 7.31. The van der Waals surface area contributed by atoms with Crippen LogP contribution in [0.5, 0.6) is 0 Å². The van der Waals surface area contributed by atoms with Crippen molar-refractivity contribution in [3.05, 3.63) is 54.0 Å². The predicted octanol–water partition coefficient (Wildman–Crippen LogP) is 3.20. The number of rotatable bonds is 4. The van der Waals surface area contributed by atoms with Crippen molar-refractivity contribution in [1.82, 2.24) is 20.5 Å². The van der Waals surface area contributed by atoms with Crippen LogP contribution in [0.15, 0.2) is 42.6 Å². The molecule has 1 aliphatic carbocycles. The first-order chi connectivity index (χ1) is 13.4. The first-order valence-electron chi connectivity index (χ1n) is 9.43. The van der Waals surface area contributed by atoms with Gasteiger partial charge in [0, 0.05) is 37.9 Å². The highest BCUT2D eigenvalue weighted by atomic mass is 19.1. The fourth-order valence-corrected chi connectivity index (χ4v) is 3.30. The zero-order valence-corrected chi connectivity index (χ0v) is 16.1. The number of pyridine rings is 1. The highest BCUT2D eigenvalue weighted by Gasteiger charge is 2.24. The molecule has 7 heteroatoms. The Labute approximate surface area is 164 Å². The van der Waals surface area contributed by atoms with Crippen molar-refractivity contribution in [3.63, 3.8) is 0 Å². The summed E-state index contributed by atoms with van der Waals surface area (Å²) >= 11 is 0. The van der Waals surface area contributed by atoms with E-state index in [1.807, 2.05) is 0 Å². The highest BCUT2D eigenvalue weighted by molar-refractivity contribution is 5.94. The summed E-state index contributed by atoms with van der Waals surface area (Å²) in [6.45, 7) is 0. The van der Waals surface area contributed by atoms with Crippen LogP contribution in [-0.2, 0) is 0 Å². The lowest BCUT2D eigenvalue weighted by Gasteiger charge is -2.30. The Kier molecular flexibility index (Phi) is 6.23. The molecule has 0 unspecified atom stereocenters. The number of urea groups is 1. The standard InChI is InChI=1S/C21H25FN4O2/c1-26(2)21(28)25-18-9-7-17(8-10-18)24-20(27)15-6-11-19(23-13-15)14-4-3-5-16(22)12-14/h3-6,11-13,17-18H,7-10H2,1-2H3,(H,24,27)(H,25,28)/t17-,18-. The molecular weight excluding hydrogens is 359 g/mol. The highest BCUT2D eigenvalue weighted by Crippen LogP contribution is 2.20. The maximum atomic E-state index is 13.3. The van der Waals surface area contributed by atoms with Crippen molar-refractivity contribution < 1.29 is 14.0 Å². The zero-order chi connectivity index (χ0) is 20.1. The molecule has 1 aromatic heterocycles. The molecule has 0 bridgehead atoms. The van der Waals surface area contributed by atoms with Gasteiger partial charge in [-0.2, -0.15) is 0 Å². The van der Waals surface area contributed by atoms with E-state index in [2.05, 4.69) is 15.6 Å². The molecule has 1 aliphatic rings. The van der Waals surface area contributed by atoms with Crippen LogP contribution < -0.4 is 10.6 Å². The average molecular weight is 384 g/mol. The summed E-state index contributed by atoms with van der Waals surface area (Å²) in [5.41, 5.74) is 1.77. The summed E-state index contributed by atoms with van der Waals surface area (Å²) in [6.07, 6.45) is 4.82. The largest absolute Gasteiger partial charge is 0.349 e. The Morgan fingerprint density at radius 1 is 1.04 bits per heavy atom. The molecule has 1 heterocycles. The minimum atomic E-state index is -0.321. The Balaban J connectivity index is 1.52. The van der Waals surface area contributed by atoms with Gasteiger partial charge in [0.05, 0.1) is 11.3 Å². The lowest BCUT2D eigenvalue weighted by atomic mass is 9.91. The van der Waals surface area contributed by atoms with Gasteiger partial charge in [-0.25, -0.2) is 9.18 Å². The van der Waals surface area contributed by atoms with E-state index in [9.17, 15) is 14.0 Å². The monoisotopic (exact) mass is 384 g/mol. The molecule has 0 saturated heterocycles. The Hall–Kier alpha value is -2.96. The number of hydrogen-bond acceptors (Lipinski definition) is 3. The van der Waals surface area contributed by atoms with Crippen molar-refractivity contribution in [2.75, 3.05) is 14.1 Å². The van der Waals surface area contributed by atoms with Crippen molar-refractivity contribution in [3.8, 4) is 11.3 Å². The summed E-state index contributed by atoms with van der Waals surface area (Å²) < 4.78 is 13.3. The fourth-order valence-electron chi connectivity index (χ4n) is 3.30. The number of nitrogens with one attached hydrogen (secondary N) is 2. The third-order valence-corrected chi connectivity index (χ3v) is 4.94. The van der Waals surface area contributed by atoms with Gasteiger partial charge in [-0.15, -0.1) is 0 Å². The number of nitrogens with zero attached hydrogens (tertiary/aromatic N) is 2. The summed E-state index contributed by atoms with van der Waals surface area (Å²) in [7, 11) is 3.43. The van der Waals surface area contributed by atoms with E-state index in [1.54, 1.807) is 38.4 Å². The second-order valence-corrected chi connectivity index (χ2v) is 7.31. The Bertz CT molecular complexity index is 831. The lowest BCUT2D eigenvalue weighted by Crippen LogP contribution is -2.46. The van der Waals surface area contributed by atoms with Crippen LogP contribution in [0.4, 0.5) is 9.18 Å². The van der Waals surface area contributed by atoms with Gasteiger partial charge in [0.15, 0.2) is 0 Å². The molecule has 2 N–H and O–H groups in total. The topological polar surface area (TPSA) is 74.3 Å². The number of carbonyl (C=O) groups excluding carboxylic acids is 2. The third kappa shape index (κ3) is 5.06. The van der Waals surface area contributed by atoms with Crippen molar-refractivity contribution in [2.24, 2.45) is 0 Å². The first kappa shape index (κ1) is 19.8. The Morgan fingerprint density at radius 2 is 1.71 bits per heavy atom. The van der Waals surface area contributed by atoms with Crippen LogP contribution >= 0.6 is 0 Å². The van der Waals surface area contributed by atoms with Crippen molar-refractivity contribution in [2.45, 2.75) is 37.8 Å². The van der Waals surface area contributed by atoms with E-state index in [0.29, 0.717) is 16.8 Å². The second kappa shape index (κ2) is 8.82. The van der Waals surface area contributed by atoms with E-state index < -0.39 is 0 Å². The molecular formula is C21H25FN4O2. The summed E-state index contributed by atoms with van der Waals surface area (Å²) in [5.74, 6) is -0.488. The lowest BCUT2D eigenvalue weighted by molar-refractivity contribution is 0.0923. The van der Waals surface area contributed by atoms with Crippen LogP contribution in [0, 0.1) is 5.82 Å². The molecule has 1 saturated carbocycles. The molecule has 3 rings (SSSR count). The number of benzene rings is 1. The summed E-state index contributed by atoms with van der Waals surface area (Å²) in [4.78, 5) is 30.0. The van der Waals surface area contributed by atoms with Gasteiger partial charge in [0.1, 0.15) is 5.82 Å². The molecule has 148 valence electrons. The molecule has 6 nitrogen and oxygen atoms in total. The summed E-state index contributed by atoms with van der Waals surface area (Å²) in [5, 5.41) is 6.03. The van der Waals surface area contributed by atoms with E-state index in [1.165, 1.54) is 23.2 Å². The predicted molar refractivity (Wildman–Crippen MR) is 105 cm³/mol. The van der Waals surface area contributed by atoms with Gasteiger partial charge in [0.25, 0.3) is 5.91 Å². The molecule has 0 radical (unpaired) electrons. The van der Waals surface area contributed by atoms with Crippen LogP contribution in [0.2, 0.25) is 0 Å². The van der Waals surface area contributed by atoms with Gasteiger partial charge in [-0.3, -0.25) is 9.78 Å². The van der Waals surface area contributed by atoms with Crippen LogP contribution in [0.1, 0.15) is 36.0 Å². The quantitative estimate of drug-likeness (QED) is 0.850. The van der Waals surface area contributed by atoms with Gasteiger partial charge >= 0.3 is 6.03 Å². The van der Waals surface area contributed by atoms with E-state index in [0.717, 1.165) is 25.7 Å². The summed E-state index contributed by atoms with van der Waals surface area (Å²) in [6, 6.07) is 9.77. The van der Waals surface area contributed by atoms with Crippen LogP contribution in [0.3, 0.4) is 0 Å². The SMILES string of the molecule is CN(C)C(=O)N[C@H]1CC[C@H](NC(=O)c2ccc(-c3cccc(F)c3)nc2)CC1. The third-order valence-electron chi connectivity index (χ3n) is 4.94. The average Bonchev–Trinajstić information content (AvgIpc) is 2.69. The number of carbonyl (C=O) groups is 2. The van der Waals surface area contributed by atoms with Crippen LogP contribution in [0.25, 0.3) is 11.3 Å². The number of amides is 3. The minimum Gasteiger partial charge on any atom is -0.349 e. The molecule has 1 fully saturated rings. The van der Waals surface area contributed by atoms with Crippen LogP contribution in [-0.4, -0.2) is 48.0 Å². The van der Waals surface area contributed by atoms with Gasteiger partial charge in [-0.05, 0) is 49.9 Å². The van der Waals surface area contributed by atoms with Gasteiger partial charge < -0.3 is 15.5 Å². The molecule has 1 aromatic carbocycles. The maximum absolute atomic E-state index is 13.3. The van der Waals surface area contributed by atoms with Crippen molar-refractivity contribution in [1.29, 1.82) is 0 Å². The smallest absolute Gasteiger partial charge is 0.317 e. The van der Waals surface area contributed by atoms with Gasteiger partial charge in [0.2, 0.25) is 0 Å². The van der Waals surface area contributed by atoms with Crippen molar-refractivity contribution >= 4 is 11.9 Å². The van der Waals surface area contributed by atoms with E-state index >= 15 is 0 Å². The number of aromatic nitrogens is 1. The normalized spacial score (nSPS) is 19.0. The molecule has 0 atom stereocenters. The Morgan fingerprint density at radius 3 is 2.29 bits per heavy atom. The minimum absolute atomic E-state index is 0.0860. The first-order valence-corrected chi connectivity index (χ1v) is 9.43. The molecule has 0 aliphatic heterocycles. The fraction of sp³-hybridized carbons (Fsp3) is 0.381. The van der Waals surface area contributed by atoms with Gasteiger partial charge in [-0.1, -0.05) is 12.1 Å². The molecule has 0 spiro atoms. The number of halogens is 1. The van der Waals surface area contributed by atoms with E-state index in [-0.39, 0.29) is 29.8 Å². The zero-order valence-electron chi connectivity index (χ0n) is 16.1. The van der Waals surface area contributed by atoms with E-state index in [4.69, 9.17) is 0 Å².